The number of aliphatic carboxylic acids is 1. The highest BCUT2D eigenvalue weighted by molar-refractivity contribution is 5.82. The standard InChI is InChI=1S/C18H18O2/c19-17(20)18(11-4-5-12-18)16-10-6-9-15(13-16)14-7-2-1-3-8-14/h1-3,6-10,13H,4-5,11-12H2,(H,19,20). The van der Waals surface area contributed by atoms with Gasteiger partial charge < -0.3 is 5.11 Å². The zero-order chi connectivity index (χ0) is 14.0. The van der Waals surface area contributed by atoms with E-state index in [-0.39, 0.29) is 0 Å². The first kappa shape index (κ1) is 12.9. The Balaban J connectivity index is 2.05. The lowest BCUT2D eigenvalue weighted by molar-refractivity contribution is -0.143. The molecule has 1 N–H and O–H groups in total. The fraction of sp³-hybridized carbons (Fsp3) is 0.278. The molecule has 0 aromatic heterocycles. The van der Waals surface area contributed by atoms with Crippen molar-refractivity contribution < 1.29 is 9.90 Å². The van der Waals surface area contributed by atoms with Gasteiger partial charge in [-0.05, 0) is 29.5 Å². The molecular weight excluding hydrogens is 248 g/mol. The van der Waals surface area contributed by atoms with Gasteiger partial charge in [-0.25, -0.2) is 0 Å². The molecule has 0 unspecified atom stereocenters. The van der Waals surface area contributed by atoms with Crippen LogP contribution in [0.25, 0.3) is 11.1 Å². The van der Waals surface area contributed by atoms with Gasteiger partial charge in [-0.3, -0.25) is 4.79 Å². The third kappa shape index (κ3) is 2.11. The Labute approximate surface area is 119 Å². The predicted octanol–water partition coefficient (Wildman–Crippen LogP) is 4.25. The smallest absolute Gasteiger partial charge is 0.314 e. The van der Waals surface area contributed by atoms with Gasteiger partial charge in [0, 0.05) is 0 Å². The Hall–Kier alpha value is -2.09. The van der Waals surface area contributed by atoms with E-state index < -0.39 is 11.4 Å². The van der Waals surface area contributed by atoms with Gasteiger partial charge in [-0.2, -0.15) is 0 Å². The lowest BCUT2D eigenvalue weighted by Crippen LogP contribution is -2.32. The van der Waals surface area contributed by atoms with Crippen LogP contribution in [0.4, 0.5) is 0 Å². The molecule has 1 fully saturated rings. The Morgan fingerprint density at radius 1 is 0.900 bits per heavy atom. The molecule has 0 atom stereocenters. The first-order chi connectivity index (χ1) is 9.72. The molecule has 2 aromatic carbocycles. The minimum absolute atomic E-state index is 0.676. The van der Waals surface area contributed by atoms with Crippen molar-refractivity contribution in [2.75, 3.05) is 0 Å². The number of hydrogen-bond donors (Lipinski definition) is 1. The zero-order valence-corrected chi connectivity index (χ0v) is 11.4. The van der Waals surface area contributed by atoms with Gasteiger partial charge in [0.1, 0.15) is 0 Å². The van der Waals surface area contributed by atoms with E-state index in [1.54, 1.807) is 0 Å². The Morgan fingerprint density at radius 3 is 2.20 bits per heavy atom. The monoisotopic (exact) mass is 266 g/mol. The second-order valence-corrected chi connectivity index (χ2v) is 5.54. The first-order valence-corrected chi connectivity index (χ1v) is 7.12. The highest BCUT2D eigenvalue weighted by atomic mass is 16.4. The second kappa shape index (κ2) is 5.12. The third-order valence-electron chi connectivity index (χ3n) is 4.39. The van der Waals surface area contributed by atoms with Gasteiger partial charge in [-0.1, -0.05) is 67.4 Å². The summed E-state index contributed by atoms with van der Waals surface area (Å²) in [5.41, 5.74) is 2.50. The van der Waals surface area contributed by atoms with Crippen molar-refractivity contribution in [3.63, 3.8) is 0 Å². The molecule has 3 rings (SSSR count). The van der Waals surface area contributed by atoms with Crippen LogP contribution in [-0.4, -0.2) is 11.1 Å². The van der Waals surface area contributed by atoms with Crippen molar-refractivity contribution in [1.29, 1.82) is 0 Å². The highest BCUT2D eigenvalue weighted by Gasteiger charge is 2.42. The molecule has 2 aromatic rings. The maximum absolute atomic E-state index is 11.8. The fourth-order valence-electron chi connectivity index (χ4n) is 3.23. The van der Waals surface area contributed by atoms with Crippen LogP contribution >= 0.6 is 0 Å². The van der Waals surface area contributed by atoms with Crippen LogP contribution in [0.2, 0.25) is 0 Å². The molecule has 1 saturated carbocycles. The van der Waals surface area contributed by atoms with E-state index in [9.17, 15) is 9.90 Å². The van der Waals surface area contributed by atoms with Crippen LogP contribution in [0.15, 0.2) is 54.6 Å². The van der Waals surface area contributed by atoms with E-state index in [0.717, 1.165) is 42.4 Å². The van der Waals surface area contributed by atoms with Crippen molar-refractivity contribution in [2.24, 2.45) is 0 Å². The summed E-state index contributed by atoms with van der Waals surface area (Å²) in [6, 6.07) is 18.1. The Bertz CT molecular complexity index is 610. The van der Waals surface area contributed by atoms with Crippen molar-refractivity contribution in [3.05, 3.63) is 60.2 Å². The predicted molar refractivity (Wildman–Crippen MR) is 79.7 cm³/mol. The van der Waals surface area contributed by atoms with E-state index in [4.69, 9.17) is 0 Å². The normalized spacial score (nSPS) is 17.0. The second-order valence-electron chi connectivity index (χ2n) is 5.54. The maximum Gasteiger partial charge on any atom is 0.314 e. The first-order valence-electron chi connectivity index (χ1n) is 7.12. The molecule has 0 radical (unpaired) electrons. The summed E-state index contributed by atoms with van der Waals surface area (Å²) in [5, 5.41) is 9.68. The summed E-state index contributed by atoms with van der Waals surface area (Å²) in [6.45, 7) is 0. The number of carboxylic acid groups (broad SMARTS) is 1. The molecule has 0 amide bonds. The van der Waals surface area contributed by atoms with Crippen LogP contribution < -0.4 is 0 Å². The number of carbonyl (C=O) groups is 1. The Morgan fingerprint density at radius 2 is 1.55 bits per heavy atom. The SMILES string of the molecule is O=C(O)C1(c2cccc(-c3ccccc3)c2)CCCC1. The third-order valence-corrected chi connectivity index (χ3v) is 4.39. The minimum atomic E-state index is -0.680. The summed E-state index contributed by atoms with van der Waals surface area (Å²) in [4.78, 5) is 11.8. The van der Waals surface area contributed by atoms with Crippen LogP contribution in [0.5, 0.6) is 0 Å². The van der Waals surface area contributed by atoms with Gasteiger partial charge >= 0.3 is 5.97 Å². The van der Waals surface area contributed by atoms with Crippen molar-refractivity contribution in [1.82, 2.24) is 0 Å². The van der Waals surface area contributed by atoms with E-state index >= 15 is 0 Å². The van der Waals surface area contributed by atoms with Crippen molar-refractivity contribution >= 4 is 5.97 Å². The summed E-state index contributed by atoms with van der Waals surface area (Å²) < 4.78 is 0. The van der Waals surface area contributed by atoms with Crippen LogP contribution in [0.3, 0.4) is 0 Å². The molecule has 102 valence electrons. The van der Waals surface area contributed by atoms with Gasteiger partial charge in [0.25, 0.3) is 0 Å². The van der Waals surface area contributed by atoms with E-state index in [2.05, 4.69) is 18.2 Å². The van der Waals surface area contributed by atoms with Gasteiger partial charge in [0.15, 0.2) is 0 Å². The largest absolute Gasteiger partial charge is 0.481 e. The molecule has 20 heavy (non-hydrogen) atoms. The average molecular weight is 266 g/mol. The fourth-order valence-corrected chi connectivity index (χ4v) is 3.23. The zero-order valence-electron chi connectivity index (χ0n) is 11.4. The maximum atomic E-state index is 11.8. The van der Waals surface area contributed by atoms with Gasteiger partial charge in [-0.15, -0.1) is 0 Å². The number of hydrogen-bond acceptors (Lipinski definition) is 1. The molecule has 1 aliphatic carbocycles. The number of benzene rings is 2. The van der Waals surface area contributed by atoms with E-state index in [1.165, 1.54) is 0 Å². The molecule has 2 nitrogen and oxygen atoms in total. The number of rotatable bonds is 3. The lowest BCUT2D eigenvalue weighted by atomic mass is 9.78. The van der Waals surface area contributed by atoms with E-state index in [1.807, 2.05) is 36.4 Å². The quantitative estimate of drug-likeness (QED) is 0.901. The molecule has 2 heteroatoms. The molecule has 0 spiro atoms. The molecule has 0 saturated heterocycles. The van der Waals surface area contributed by atoms with E-state index in [0.29, 0.717) is 0 Å². The van der Waals surface area contributed by atoms with Crippen LogP contribution in [-0.2, 0) is 10.2 Å². The summed E-state index contributed by atoms with van der Waals surface area (Å²) in [6.07, 6.45) is 3.50. The summed E-state index contributed by atoms with van der Waals surface area (Å²) >= 11 is 0. The minimum Gasteiger partial charge on any atom is -0.481 e. The summed E-state index contributed by atoms with van der Waals surface area (Å²) in [7, 11) is 0. The number of carboxylic acids is 1. The molecule has 0 heterocycles. The molecule has 1 aliphatic rings. The molecular formula is C18H18O2. The Kier molecular flexibility index (Phi) is 3.31. The average Bonchev–Trinajstić information content (AvgIpc) is 2.99. The van der Waals surface area contributed by atoms with Crippen molar-refractivity contribution in [2.45, 2.75) is 31.1 Å². The molecule has 0 bridgehead atoms. The summed E-state index contributed by atoms with van der Waals surface area (Å²) in [5.74, 6) is -0.680. The van der Waals surface area contributed by atoms with Crippen LogP contribution in [0, 0.1) is 0 Å². The molecule has 0 aliphatic heterocycles. The lowest BCUT2D eigenvalue weighted by Gasteiger charge is -2.25. The topological polar surface area (TPSA) is 37.3 Å². The van der Waals surface area contributed by atoms with Gasteiger partial charge in [0.05, 0.1) is 5.41 Å². The highest BCUT2D eigenvalue weighted by Crippen LogP contribution is 2.42. The van der Waals surface area contributed by atoms with Crippen molar-refractivity contribution in [3.8, 4) is 11.1 Å². The van der Waals surface area contributed by atoms with Gasteiger partial charge in [0.2, 0.25) is 0 Å². The van der Waals surface area contributed by atoms with Crippen LogP contribution in [0.1, 0.15) is 31.2 Å².